The molecule has 0 radical (unpaired) electrons. The molecule has 0 amide bonds. The minimum absolute atomic E-state index is 0.439. The summed E-state index contributed by atoms with van der Waals surface area (Å²) in [5, 5.41) is 0. The first-order chi connectivity index (χ1) is 5.10. The number of ether oxygens (including phenoxy) is 1. The van der Waals surface area contributed by atoms with Crippen LogP contribution in [0.2, 0.25) is 0 Å². The monoisotopic (exact) mass is 153 g/mol. The summed E-state index contributed by atoms with van der Waals surface area (Å²) in [6, 6.07) is 0. The fraction of sp³-hybridized carbons (Fsp3) is 0.500. The van der Waals surface area contributed by atoms with Gasteiger partial charge < -0.3 is 4.74 Å². The van der Waals surface area contributed by atoms with E-state index < -0.39 is 11.6 Å². The van der Waals surface area contributed by atoms with Crippen molar-refractivity contribution in [1.29, 1.82) is 0 Å². The molecule has 1 heterocycles. The maximum Gasteiger partial charge on any atom is 0.209 e. The molecule has 1 unspecified atom stereocenters. The number of nitrogens with zero attached hydrogens (tertiary/aromatic N) is 1. The van der Waals surface area contributed by atoms with Gasteiger partial charge in [0.1, 0.15) is 5.54 Å². The SMILES string of the molecule is C=CC1=NC(C)(C)C(C=O)O1. The zero-order valence-electron chi connectivity index (χ0n) is 6.70. The molecular formula is C8H11NO2. The van der Waals surface area contributed by atoms with Gasteiger partial charge in [-0.2, -0.15) is 0 Å². The third kappa shape index (κ3) is 1.31. The van der Waals surface area contributed by atoms with Gasteiger partial charge in [0.2, 0.25) is 5.90 Å². The Kier molecular flexibility index (Phi) is 1.81. The minimum Gasteiger partial charge on any atom is -0.464 e. The van der Waals surface area contributed by atoms with Gasteiger partial charge in [0.25, 0.3) is 0 Å². The van der Waals surface area contributed by atoms with E-state index in [0.29, 0.717) is 5.90 Å². The van der Waals surface area contributed by atoms with Crippen LogP contribution < -0.4 is 0 Å². The van der Waals surface area contributed by atoms with Gasteiger partial charge in [-0.15, -0.1) is 0 Å². The first-order valence-electron chi connectivity index (χ1n) is 3.44. The molecule has 1 aliphatic rings. The zero-order chi connectivity index (χ0) is 8.48. The molecule has 0 spiro atoms. The van der Waals surface area contributed by atoms with Crippen molar-refractivity contribution in [3.05, 3.63) is 12.7 Å². The molecule has 1 aliphatic heterocycles. The van der Waals surface area contributed by atoms with Crippen LogP contribution in [0.1, 0.15) is 13.8 Å². The highest BCUT2D eigenvalue weighted by Crippen LogP contribution is 2.23. The van der Waals surface area contributed by atoms with Crippen LogP contribution in [0.5, 0.6) is 0 Å². The molecule has 0 saturated carbocycles. The fourth-order valence-electron chi connectivity index (χ4n) is 0.936. The van der Waals surface area contributed by atoms with Gasteiger partial charge in [-0.1, -0.05) is 6.58 Å². The molecule has 1 rings (SSSR count). The van der Waals surface area contributed by atoms with Gasteiger partial charge in [0.15, 0.2) is 12.4 Å². The number of hydrogen-bond donors (Lipinski definition) is 0. The first kappa shape index (κ1) is 7.98. The van der Waals surface area contributed by atoms with E-state index in [9.17, 15) is 4.79 Å². The van der Waals surface area contributed by atoms with E-state index in [4.69, 9.17) is 4.74 Å². The molecule has 0 fully saturated rings. The Morgan fingerprint density at radius 1 is 1.73 bits per heavy atom. The lowest BCUT2D eigenvalue weighted by molar-refractivity contribution is -0.115. The summed E-state index contributed by atoms with van der Waals surface area (Å²) in [6.07, 6.45) is 1.81. The van der Waals surface area contributed by atoms with Crippen LogP contribution >= 0.6 is 0 Å². The van der Waals surface area contributed by atoms with Gasteiger partial charge >= 0.3 is 0 Å². The van der Waals surface area contributed by atoms with E-state index >= 15 is 0 Å². The zero-order valence-corrected chi connectivity index (χ0v) is 6.70. The highest BCUT2D eigenvalue weighted by molar-refractivity contribution is 5.91. The van der Waals surface area contributed by atoms with Gasteiger partial charge in [-0.25, -0.2) is 4.99 Å². The standard InChI is InChI=1S/C8H11NO2/c1-4-7-9-8(2,3)6(5-10)11-7/h4-6H,1H2,2-3H3. The highest BCUT2D eigenvalue weighted by Gasteiger charge is 2.36. The van der Waals surface area contributed by atoms with Crippen LogP contribution in [0, 0.1) is 0 Å². The molecule has 0 aromatic rings. The van der Waals surface area contributed by atoms with Crippen molar-refractivity contribution in [3.8, 4) is 0 Å². The third-order valence-electron chi connectivity index (χ3n) is 1.64. The molecule has 11 heavy (non-hydrogen) atoms. The molecule has 0 N–H and O–H groups in total. The lowest BCUT2D eigenvalue weighted by Crippen LogP contribution is -2.32. The van der Waals surface area contributed by atoms with E-state index in [2.05, 4.69) is 11.6 Å². The van der Waals surface area contributed by atoms with Crippen LogP contribution in [0.25, 0.3) is 0 Å². The molecule has 0 aromatic carbocycles. The van der Waals surface area contributed by atoms with Crippen molar-refractivity contribution < 1.29 is 9.53 Å². The summed E-state index contributed by atoms with van der Waals surface area (Å²) in [6.45, 7) is 7.20. The molecule has 60 valence electrons. The third-order valence-corrected chi connectivity index (χ3v) is 1.64. The summed E-state index contributed by atoms with van der Waals surface area (Å²) >= 11 is 0. The Morgan fingerprint density at radius 2 is 2.36 bits per heavy atom. The smallest absolute Gasteiger partial charge is 0.209 e. The summed E-state index contributed by atoms with van der Waals surface area (Å²) in [5.41, 5.74) is -0.439. The van der Waals surface area contributed by atoms with Crippen molar-refractivity contribution in [2.45, 2.75) is 25.5 Å². The van der Waals surface area contributed by atoms with Crippen molar-refractivity contribution in [1.82, 2.24) is 0 Å². The van der Waals surface area contributed by atoms with Crippen molar-refractivity contribution in [2.75, 3.05) is 0 Å². The van der Waals surface area contributed by atoms with Gasteiger partial charge in [-0.05, 0) is 19.9 Å². The second-order valence-electron chi connectivity index (χ2n) is 2.98. The molecular weight excluding hydrogens is 142 g/mol. The molecule has 0 bridgehead atoms. The Morgan fingerprint density at radius 3 is 2.64 bits per heavy atom. The van der Waals surface area contributed by atoms with Crippen molar-refractivity contribution >= 4 is 12.2 Å². The normalized spacial score (nSPS) is 27.1. The van der Waals surface area contributed by atoms with E-state index in [1.165, 1.54) is 6.08 Å². The van der Waals surface area contributed by atoms with Crippen LogP contribution in [-0.2, 0) is 9.53 Å². The van der Waals surface area contributed by atoms with Crippen LogP contribution in [0.4, 0.5) is 0 Å². The average Bonchev–Trinajstić information content (AvgIpc) is 2.24. The van der Waals surface area contributed by atoms with Gasteiger partial charge in [0.05, 0.1) is 0 Å². The molecule has 1 atom stereocenters. The lowest BCUT2D eigenvalue weighted by Gasteiger charge is -2.16. The maximum absolute atomic E-state index is 10.5. The van der Waals surface area contributed by atoms with Crippen LogP contribution in [-0.4, -0.2) is 23.8 Å². The molecule has 3 nitrogen and oxygen atoms in total. The maximum atomic E-state index is 10.5. The van der Waals surface area contributed by atoms with Crippen molar-refractivity contribution in [3.63, 3.8) is 0 Å². The van der Waals surface area contributed by atoms with Crippen molar-refractivity contribution in [2.24, 2.45) is 4.99 Å². The second kappa shape index (κ2) is 2.49. The Hall–Kier alpha value is -1.12. The number of aliphatic imine (C=N–C) groups is 1. The van der Waals surface area contributed by atoms with Gasteiger partial charge in [-0.3, -0.25) is 4.79 Å². The molecule has 0 aliphatic carbocycles. The summed E-state index contributed by atoms with van der Waals surface area (Å²) in [4.78, 5) is 14.6. The van der Waals surface area contributed by atoms with E-state index in [1.807, 2.05) is 13.8 Å². The topological polar surface area (TPSA) is 38.7 Å². The largest absolute Gasteiger partial charge is 0.464 e. The Bertz CT molecular complexity index is 218. The lowest BCUT2D eigenvalue weighted by atomic mass is 10.0. The van der Waals surface area contributed by atoms with E-state index in [1.54, 1.807) is 0 Å². The Balaban J connectivity index is 2.85. The van der Waals surface area contributed by atoms with Gasteiger partial charge in [0, 0.05) is 0 Å². The average molecular weight is 153 g/mol. The highest BCUT2D eigenvalue weighted by atomic mass is 16.5. The number of aldehydes is 1. The summed E-state index contributed by atoms with van der Waals surface area (Å²) in [5.74, 6) is 0.451. The van der Waals surface area contributed by atoms with E-state index in [-0.39, 0.29) is 0 Å². The first-order valence-corrected chi connectivity index (χ1v) is 3.44. The number of rotatable bonds is 2. The van der Waals surface area contributed by atoms with E-state index in [0.717, 1.165) is 6.29 Å². The predicted octanol–water partition coefficient (Wildman–Crippen LogP) is 0.947. The summed E-state index contributed by atoms with van der Waals surface area (Å²) in [7, 11) is 0. The molecule has 0 aromatic heterocycles. The summed E-state index contributed by atoms with van der Waals surface area (Å²) < 4.78 is 5.14. The number of carbonyl (C=O) groups is 1. The Labute approximate surface area is 65.8 Å². The minimum atomic E-state index is -0.463. The second-order valence-corrected chi connectivity index (χ2v) is 2.98. The number of hydrogen-bond acceptors (Lipinski definition) is 3. The molecule has 0 saturated heterocycles. The quantitative estimate of drug-likeness (QED) is 0.554. The van der Waals surface area contributed by atoms with Crippen LogP contribution in [0.15, 0.2) is 17.6 Å². The van der Waals surface area contributed by atoms with Crippen LogP contribution in [0.3, 0.4) is 0 Å². The number of carbonyl (C=O) groups excluding carboxylic acids is 1. The molecule has 3 heteroatoms. The fourth-order valence-corrected chi connectivity index (χ4v) is 0.936. The predicted molar refractivity (Wildman–Crippen MR) is 42.6 cm³/mol.